The highest BCUT2D eigenvalue weighted by molar-refractivity contribution is 5.76. The van der Waals surface area contributed by atoms with Gasteiger partial charge in [-0.15, -0.1) is 0 Å². The van der Waals surface area contributed by atoms with Crippen molar-refractivity contribution in [2.24, 2.45) is 29.1 Å². The third kappa shape index (κ3) is 2.22. The Morgan fingerprint density at radius 3 is 2.88 bits per heavy atom. The third-order valence-electron chi connectivity index (χ3n) is 8.57. The van der Waals surface area contributed by atoms with Gasteiger partial charge in [0, 0.05) is 17.3 Å². The molecule has 25 heavy (non-hydrogen) atoms. The zero-order valence-corrected chi connectivity index (χ0v) is 16.1. The number of fused-ring (bicyclic) bond motifs is 2. The van der Waals surface area contributed by atoms with Crippen LogP contribution in [0.25, 0.3) is 0 Å². The average molecular weight is 349 g/mol. The van der Waals surface area contributed by atoms with Crippen molar-refractivity contribution in [3.05, 3.63) is 0 Å². The number of epoxide rings is 1. The first-order valence-electron chi connectivity index (χ1n) is 10.7. The number of hydrogen-bond acceptors (Lipinski definition) is 3. The van der Waals surface area contributed by atoms with Crippen molar-refractivity contribution in [2.75, 3.05) is 19.6 Å². The van der Waals surface area contributed by atoms with Crippen LogP contribution in [0.1, 0.15) is 59.3 Å². The molecule has 5 fully saturated rings. The van der Waals surface area contributed by atoms with Crippen LogP contribution in [-0.4, -0.2) is 43.4 Å². The molecule has 2 saturated carbocycles. The molecule has 0 radical (unpaired) electrons. The molecule has 3 heterocycles. The Kier molecular flexibility index (Phi) is 3.61. The minimum Gasteiger partial charge on any atom is -0.462 e. The van der Waals surface area contributed by atoms with Gasteiger partial charge in [-0.05, 0) is 38.0 Å². The van der Waals surface area contributed by atoms with E-state index in [-0.39, 0.29) is 35.1 Å². The second-order valence-electron chi connectivity index (χ2n) is 10.2. The number of esters is 1. The minimum atomic E-state index is 0.0448. The highest BCUT2D eigenvalue weighted by Gasteiger charge is 2.78. The molecule has 9 atom stereocenters. The lowest BCUT2D eigenvalue weighted by Crippen LogP contribution is -3.14. The first-order chi connectivity index (χ1) is 11.9. The van der Waals surface area contributed by atoms with E-state index in [9.17, 15) is 4.79 Å². The van der Waals surface area contributed by atoms with E-state index in [0.717, 1.165) is 18.9 Å². The molecule has 140 valence electrons. The van der Waals surface area contributed by atoms with Crippen LogP contribution in [0.4, 0.5) is 0 Å². The summed E-state index contributed by atoms with van der Waals surface area (Å²) in [5.74, 6) is 1.85. The molecule has 5 rings (SSSR count). The molecule has 1 unspecified atom stereocenters. The molecular weight excluding hydrogens is 314 g/mol. The first-order valence-corrected chi connectivity index (χ1v) is 10.7. The summed E-state index contributed by atoms with van der Waals surface area (Å²) in [7, 11) is 0. The molecule has 3 saturated heterocycles. The molecule has 1 spiro atoms. The van der Waals surface area contributed by atoms with Gasteiger partial charge in [0.1, 0.15) is 17.6 Å². The van der Waals surface area contributed by atoms with Crippen LogP contribution < -0.4 is 4.90 Å². The number of rotatable bonds is 2. The summed E-state index contributed by atoms with van der Waals surface area (Å²) in [5.41, 5.74) is 0.251. The van der Waals surface area contributed by atoms with E-state index in [1.165, 1.54) is 45.2 Å². The SMILES string of the molecule is C[C@H]1CCC[NH+](C[C@@H]2C(=O)O[C@H]3C[C@]4(C)CCC[C@@H](C)[C@@]45O[C@H]5[C@@H]32)C1. The number of piperidine rings is 1. The standard InChI is InChI=1S/C21H33NO3/c1-13-6-5-9-22(11-13)12-15-17-16(24-19(15)23)10-20(3)8-4-7-14(2)21(20)18(17)25-21/h13-18H,4-12H2,1-3H3/p+1/t13-,14+,15-,16-,17+,18-,20-,21-/m0/s1. The first kappa shape index (κ1) is 16.6. The maximum absolute atomic E-state index is 12.8. The summed E-state index contributed by atoms with van der Waals surface area (Å²) in [6.07, 6.45) is 7.83. The maximum Gasteiger partial charge on any atom is 0.315 e. The highest BCUT2D eigenvalue weighted by Crippen LogP contribution is 2.70. The largest absolute Gasteiger partial charge is 0.462 e. The number of quaternary nitrogens is 1. The Hall–Kier alpha value is -0.610. The van der Waals surface area contributed by atoms with Crippen LogP contribution in [0.15, 0.2) is 0 Å². The van der Waals surface area contributed by atoms with Gasteiger partial charge < -0.3 is 14.4 Å². The van der Waals surface area contributed by atoms with Crippen molar-refractivity contribution in [3.8, 4) is 0 Å². The normalized spacial score (nSPS) is 57.2. The van der Waals surface area contributed by atoms with Gasteiger partial charge in [0.05, 0.1) is 25.7 Å². The predicted octanol–water partition coefficient (Wildman–Crippen LogP) is 1.83. The Morgan fingerprint density at radius 2 is 2.08 bits per heavy atom. The van der Waals surface area contributed by atoms with Gasteiger partial charge in [0.15, 0.2) is 0 Å². The number of carbonyl (C=O) groups is 1. The van der Waals surface area contributed by atoms with Crippen molar-refractivity contribution in [1.29, 1.82) is 0 Å². The zero-order valence-electron chi connectivity index (χ0n) is 16.1. The quantitative estimate of drug-likeness (QED) is 0.612. The van der Waals surface area contributed by atoms with Gasteiger partial charge in [0.2, 0.25) is 0 Å². The van der Waals surface area contributed by atoms with E-state index in [2.05, 4.69) is 20.8 Å². The Bertz CT molecular complexity index is 579. The van der Waals surface area contributed by atoms with Gasteiger partial charge in [-0.1, -0.05) is 27.2 Å². The minimum absolute atomic E-state index is 0.0448. The molecule has 0 aromatic carbocycles. The lowest BCUT2D eigenvalue weighted by molar-refractivity contribution is -0.911. The fourth-order valence-corrected chi connectivity index (χ4v) is 7.36. The molecule has 3 aliphatic heterocycles. The Labute approximate surface area is 151 Å². The smallest absolute Gasteiger partial charge is 0.315 e. The number of likely N-dealkylation sites (tertiary alicyclic amines) is 1. The lowest BCUT2D eigenvalue weighted by atomic mass is 9.53. The van der Waals surface area contributed by atoms with Crippen molar-refractivity contribution in [3.63, 3.8) is 0 Å². The molecule has 0 aromatic heterocycles. The second-order valence-corrected chi connectivity index (χ2v) is 10.2. The summed E-state index contributed by atoms with van der Waals surface area (Å²) < 4.78 is 12.5. The van der Waals surface area contributed by atoms with Gasteiger partial charge in [-0.2, -0.15) is 0 Å². The monoisotopic (exact) mass is 348 g/mol. The second kappa shape index (κ2) is 5.45. The molecule has 2 aliphatic carbocycles. The third-order valence-corrected chi connectivity index (χ3v) is 8.57. The number of ether oxygens (including phenoxy) is 2. The lowest BCUT2D eigenvalue weighted by Gasteiger charge is -2.48. The molecular formula is C21H34NO3+. The van der Waals surface area contributed by atoms with E-state index >= 15 is 0 Å². The van der Waals surface area contributed by atoms with Crippen LogP contribution in [0.2, 0.25) is 0 Å². The van der Waals surface area contributed by atoms with E-state index in [1.54, 1.807) is 4.90 Å². The van der Waals surface area contributed by atoms with Gasteiger partial charge >= 0.3 is 5.97 Å². The van der Waals surface area contributed by atoms with E-state index in [0.29, 0.717) is 11.8 Å². The number of nitrogens with one attached hydrogen (secondary N) is 1. The van der Waals surface area contributed by atoms with Crippen LogP contribution in [0.5, 0.6) is 0 Å². The number of hydrogen-bond donors (Lipinski definition) is 1. The molecule has 4 nitrogen and oxygen atoms in total. The molecule has 1 N–H and O–H groups in total. The van der Waals surface area contributed by atoms with Crippen LogP contribution in [0, 0.1) is 29.1 Å². The van der Waals surface area contributed by atoms with Crippen molar-refractivity contribution >= 4 is 5.97 Å². The zero-order chi connectivity index (χ0) is 17.4. The van der Waals surface area contributed by atoms with Crippen molar-refractivity contribution < 1.29 is 19.2 Å². The number of carbonyl (C=O) groups excluding carboxylic acids is 1. The molecule has 0 aromatic rings. The topological polar surface area (TPSA) is 43.3 Å². The fraction of sp³-hybridized carbons (Fsp3) is 0.952. The molecule has 0 amide bonds. The van der Waals surface area contributed by atoms with Crippen molar-refractivity contribution in [1.82, 2.24) is 0 Å². The van der Waals surface area contributed by atoms with Gasteiger partial charge in [-0.3, -0.25) is 4.79 Å². The highest BCUT2D eigenvalue weighted by atomic mass is 16.6. The van der Waals surface area contributed by atoms with Crippen molar-refractivity contribution in [2.45, 2.75) is 77.1 Å². The van der Waals surface area contributed by atoms with E-state index in [4.69, 9.17) is 9.47 Å². The Morgan fingerprint density at radius 1 is 1.24 bits per heavy atom. The Balaban J connectivity index is 1.39. The summed E-state index contributed by atoms with van der Waals surface area (Å²) in [4.78, 5) is 14.4. The van der Waals surface area contributed by atoms with Crippen LogP contribution in [-0.2, 0) is 14.3 Å². The summed E-state index contributed by atoms with van der Waals surface area (Å²) in [5, 5.41) is 0. The predicted molar refractivity (Wildman–Crippen MR) is 94.2 cm³/mol. The summed E-state index contributed by atoms with van der Waals surface area (Å²) in [6.45, 7) is 10.5. The average Bonchev–Trinajstić information content (AvgIpc) is 3.23. The maximum atomic E-state index is 12.8. The molecule has 0 bridgehead atoms. The van der Waals surface area contributed by atoms with E-state index < -0.39 is 0 Å². The van der Waals surface area contributed by atoms with Gasteiger partial charge in [0.25, 0.3) is 0 Å². The fourth-order valence-electron chi connectivity index (χ4n) is 7.36. The van der Waals surface area contributed by atoms with Crippen LogP contribution >= 0.6 is 0 Å². The van der Waals surface area contributed by atoms with Gasteiger partial charge in [-0.25, -0.2) is 0 Å². The van der Waals surface area contributed by atoms with E-state index in [1.807, 2.05) is 0 Å². The summed E-state index contributed by atoms with van der Waals surface area (Å²) in [6, 6.07) is 0. The van der Waals surface area contributed by atoms with Crippen LogP contribution in [0.3, 0.4) is 0 Å². The molecule has 5 aliphatic rings. The molecule has 4 heteroatoms. The summed E-state index contributed by atoms with van der Waals surface area (Å²) >= 11 is 0.